The minimum Gasteiger partial charge on any atom is -0.325 e. The maximum atomic E-state index is 10.8. The number of hydrogen-bond donors (Lipinski definition) is 1. The quantitative estimate of drug-likeness (QED) is 0.746. The van der Waals surface area contributed by atoms with Crippen molar-refractivity contribution in [1.29, 1.82) is 0 Å². The van der Waals surface area contributed by atoms with Gasteiger partial charge in [0.05, 0.1) is 0 Å². The molecule has 0 fully saturated rings. The van der Waals surface area contributed by atoms with Crippen LogP contribution in [-0.4, -0.2) is 11.8 Å². The lowest BCUT2D eigenvalue weighted by Crippen LogP contribution is -2.12. The van der Waals surface area contributed by atoms with Crippen LogP contribution in [0.15, 0.2) is 24.3 Å². The predicted molar refractivity (Wildman–Crippen MR) is 50.8 cm³/mol. The van der Waals surface area contributed by atoms with Gasteiger partial charge in [0.2, 0.25) is 5.91 Å². The minimum absolute atomic E-state index is 0.0391. The summed E-state index contributed by atoms with van der Waals surface area (Å²) in [7, 11) is 0. The van der Waals surface area contributed by atoms with Crippen LogP contribution < -0.4 is 5.32 Å². The van der Waals surface area contributed by atoms with E-state index in [-0.39, 0.29) is 11.8 Å². The van der Waals surface area contributed by atoms with E-state index >= 15 is 0 Å². The summed E-state index contributed by atoms with van der Waals surface area (Å²) < 4.78 is 0. The number of halogens is 2. The molecule has 64 valence electrons. The number of hydrogen-bond acceptors (Lipinski definition) is 1. The first-order chi connectivity index (χ1) is 5.72. The number of nitrogens with one attached hydrogen (secondary N) is 1. The molecular weight excluding hydrogens is 203 g/mol. The van der Waals surface area contributed by atoms with Gasteiger partial charge in [0, 0.05) is 10.7 Å². The average Bonchev–Trinajstić information content (AvgIpc) is 2.09. The van der Waals surface area contributed by atoms with Crippen LogP contribution >= 0.6 is 23.2 Å². The molecule has 1 aromatic rings. The standard InChI is InChI=1S/C8H7Cl2NO/c9-5-8(12)11-7-3-1-6(10)2-4-7/h1-4H,5H2,(H,11,12)/i1+1,2+1,3+1,4+1,6+1,7+1. The minimum atomic E-state index is -0.223. The largest absolute Gasteiger partial charge is 0.325 e. The van der Waals surface area contributed by atoms with Crippen molar-refractivity contribution in [2.75, 3.05) is 11.2 Å². The number of rotatable bonds is 2. The van der Waals surface area contributed by atoms with Gasteiger partial charge in [-0.3, -0.25) is 4.79 Å². The first-order valence-electron chi connectivity index (χ1n) is 3.34. The molecule has 0 spiro atoms. The second kappa shape index (κ2) is 4.33. The molecule has 4 heteroatoms. The van der Waals surface area contributed by atoms with Crippen molar-refractivity contribution >= 4 is 34.8 Å². The Labute approximate surface area is 80.5 Å². The molecule has 0 saturated heterocycles. The third-order valence-corrected chi connectivity index (χ3v) is 1.74. The van der Waals surface area contributed by atoms with Crippen molar-refractivity contribution in [2.24, 2.45) is 0 Å². The molecule has 1 amide bonds. The molecule has 0 aromatic heterocycles. The molecular formula is C8H7Cl2NO. The van der Waals surface area contributed by atoms with Gasteiger partial charge in [0.1, 0.15) is 5.88 Å². The van der Waals surface area contributed by atoms with Gasteiger partial charge < -0.3 is 5.32 Å². The highest BCUT2D eigenvalue weighted by Crippen LogP contribution is 2.13. The molecule has 12 heavy (non-hydrogen) atoms. The summed E-state index contributed by atoms with van der Waals surface area (Å²) in [5.74, 6) is -0.262. The zero-order valence-electron chi connectivity index (χ0n) is 6.18. The van der Waals surface area contributed by atoms with Crippen LogP contribution in [0.2, 0.25) is 5.02 Å². The molecule has 0 aliphatic rings. The Balaban J connectivity index is 2.64. The summed E-state index contributed by atoms with van der Waals surface area (Å²) >= 11 is 10.9. The van der Waals surface area contributed by atoms with Crippen LogP contribution in [0, 0.1) is 0 Å². The van der Waals surface area contributed by atoms with Crippen LogP contribution in [0.5, 0.6) is 0 Å². The summed E-state index contributed by atoms with van der Waals surface area (Å²) in [5, 5.41) is 3.23. The molecule has 0 heterocycles. The molecule has 2 nitrogen and oxygen atoms in total. The van der Waals surface area contributed by atoms with Crippen molar-refractivity contribution < 1.29 is 4.79 Å². The Hall–Kier alpha value is -0.730. The maximum Gasteiger partial charge on any atom is 0.239 e. The second-order valence-electron chi connectivity index (χ2n) is 2.19. The monoisotopic (exact) mass is 209 g/mol. The van der Waals surface area contributed by atoms with Gasteiger partial charge in [0.15, 0.2) is 0 Å². The molecule has 0 saturated carbocycles. The molecule has 0 aliphatic carbocycles. The van der Waals surface area contributed by atoms with Crippen molar-refractivity contribution in [3.63, 3.8) is 0 Å². The van der Waals surface area contributed by atoms with Crippen LogP contribution in [0.1, 0.15) is 0 Å². The molecule has 1 N–H and O–H groups in total. The average molecular weight is 210 g/mol. The lowest BCUT2D eigenvalue weighted by Gasteiger charge is -2.01. The number of carbonyl (C=O) groups excluding carboxylic acids is 1. The Morgan fingerprint density at radius 1 is 1.33 bits per heavy atom. The Bertz CT molecular complexity index is 271. The summed E-state index contributed by atoms with van der Waals surface area (Å²) in [6, 6.07) is 6.83. The first kappa shape index (κ1) is 9.36. The normalized spacial score (nSPS) is 9.50. The molecule has 0 aliphatic heterocycles. The van der Waals surface area contributed by atoms with E-state index in [2.05, 4.69) is 5.32 Å². The van der Waals surface area contributed by atoms with Gasteiger partial charge in [-0.2, -0.15) is 0 Å². The van der Waals surface area contributed by atoms with Gasteiger partial charge in [-0.25, -0.2) is 0 Å². The molecule has 1 rings (SSSR count). The van der Waals surface area contributed by atoms with Crippen molar-refractivity contribution in [3.05, 3.63) is 29.3 Å². The van der Waals surface area contributed by atoms with E-state index in [9.17, 15) is 4.79 Å². The zero-order valence-corrected chi connectivity index (χ0v) is 7.69. The molecule has 0 unspecified atom stereocenters. The Morgan fingerprint density at radius 3 is 2.42 bits per heavy atom. The number of carbonyl (C=O) groups is 1. The smallest absolute Gasteiger partial charge is 0.239 e. The zero-order chi connectivity index (χ0) is 8.97. The first-order valence-corrected chi connectivity index (χ1v) is 4.25. The lowest BCUT2D eigenvalue weighted by atomic mass is 10.7. The summed E-state index contributed by atoms with van der Waals surface area (Å²) in [4.78, 5) is 10.8. The van der Waals surface area contributed by atoms with E-state index in [1.54, 1.807) is 24.3 Å². The van der Waals surface area contributed by atoms with Crippen molar-refractivity contribution in [3.8, 4) is 0 Å². The SMILES string of the molecule is O=C(CCl)N[13c]1[13cH][13cH][13c](Cl)[13cH][13cH]1. The fourth-order valence-corrected chi connectivity index (χ4v) is 0.920. The topological polar surface area (TPSA) is 29.1 Å². The number of anilines is 1. The molecule has 0 radical (unpaired) electrons. The highest BCUT2D eigenvalue weighted by Gasteiger charge is 1.98. The van der Waals surface area contributed by atoms with E-state index < -0.39 is 0 Å². The third kappa shape index (κ3) is 2.72. The maximum absolute atomic E-state index is 10.8. The van der Waals surface area contributed by atoms with E-state index in [4.69, 9.17) is 23.2 Å². The second-order valence-corrected chi connectivity index (χ2v) is 2.89. The van der Waals surface area contributed by atoms with E-state index in [0.29, 0.717) is 10.7 Å². The number of alkyl halides is 1. The van der Waals surface area contributed by atoms with Crippen LogP contribution in [-0.2, 0) is 4.79 Å². The Kier molecular flexibility index (Phi) is 3.38. The highest BCUT2D eigenvalue weighted by atomic mass is 35.5. The van der Waals surface area contributed by atoms with Crippen LogP contribution in [0.25, 0.3) is 0 Å². The van der Waals surface area contributed by atoms with Crippen molar-refractivity contribution in [2.45, 2.75) is 0 Å². The van der Waals surface area contributed by atoms with Gasteiger partial charge in [0.25, 0.3) is 0 Å². The molecule has 0 bridgehead atoms. The summed E-state index contributed by atoms with van der Waals surface area (Å²) in [6.07, 6.45) is 0. The number of benzene rings is 1. The van der Waals surface area contributed by atoms with Gasteiger partial charge in [-0.05, 0) is 24.3 Å². The highest BCUT2D eigenvalue weighted by molar-refractivity contribution is 6.30. The molecule has 0 atom stereocenters. The van der Waals surface area contributed by atoms with Gasteiger partial charge in [-0.15, -0.1) is 11.6 Å². The van der Waals surface area contributed by atoms with E-state index in [1.807, 2.05) is 0 Å². The Morgan fingerprint density at radius 2 is 1.92 bits per heavy atom. The fraction of sp³-hybridized carbons (Fsp3) is 0.125. The van der Waals surface area contributed by atoms with Gasteiger partial charge >= 0.3 is 0 Å². The molecule has 1 aromatic carbocycles. The van der Waals surface area contributed by atoms with E-state index in [0.717, 1.165) is 0 Å². The number of amides is 1. The lowest BCUT2D eigenvalue weighted by molar-refractivity contribution is -0.113. The summed E-state index contributed by atoms with van der Waals surface area (Å²) in [5.41, 5.74) is 0.699. The predicted octanol–water partition coefficient (Wildman–Crippen LogP) is 2.52. The summed E-state index contributed by atoms with van der Waals surface area (Å²) in [6.45, 7) is 0. The van der Waals surface area contributed by atoms with Crippen LogP contribution in [0.3, 0.4) is 0 Å². The third-order valence-electron chi connectivity index (χ3n) is 1.25. The van der Waals surface area contributed by atoms with Crippen LogP contribution in [0.4, 0.5) is 5.69 Å². The fourth-order valence-electron chi connectivity index (χ4n) is 0.728. The van der Waals surface area contributed by atoms with Crippen molar-refractivity contribution in [1.82, 2.24) is 0 Å². The van der Waals surface area contributed by atoms with Gasteiger partial charge in [-0.1, -0.05) is 11.6 Å². The van der Waals surface area contributed by atoms with E-state index in [1.165, 1.54) is 0 Å².